The third-order valence-electron chi connectivity index (χ3n) is 5.11. The molecule has 0 spiro atoms. The summed E-state index contributed by atoms with van der Waals surface area (Å²) < 4.78 is 38.0. The van der Waals surface area contributed by atoms with E-state index < -0.39 is 10.0 Å². The van der Waals surface area contributed by atoms with E-state index in [9.17, 15) is 8.42 Å². The van der Waals surface area contributed by atoms with Crippen LogP contribution in [0.3, 0.4) is 0 Å². The molecule has 34 heavy (non-hydrogen) atoms. The number of aromatic nitrogens is 2. The molecule has 9 heteroatoms. The van der Waals surface area contributed by atoms with Gasteiger partial charge in [0, 0.05) is 23.4 Å². The zero-order valence-corrected chi connectivity index (χ0v) is 20.4. The number of ether oxygens (including phenoxy) is 2. The van der Waals surface area contributed by atoms with Crippen molar-refractivity contribution in [3.63, 3.8) is 0 Å². The highest BCUT2D eigenvalue weighted by molar-refractivity contribution is 7.99. The topological polar surface area (TPSA) is 93.3 Å². The molecule has 4 rings (SSSR count). The van der Waals surface area contributed by atoms with Crippen molar-refractivity contribution in [3.8, 4) is 34.0 Å². The van der Waals surface area contributed by atoms with Gasteiger partial charge in [-0.2, -0.15) is 0 Å². The lowest BCUT2D eigenvalue weighted by Crippen LogP contribution is -2.25. The number of nitrogens with one attached hydrogen (secondary N) is 2. The van der Waals surface area contributed by atoms with Gasteiger partial charge in [0.1, 0.15) is 11.5 Å². The maximum atomic E-state index is 12.4. The highest BCUT2D eigenvalue weighted by Gasteiger charge is 2.16. The Labute approximate surface area is 203 Å². The summed E-state index contributed by atoms with van der Waals surface area (Å²) in [5, 5.41) is 0.704. The second kappa shape index (κ2) is 10.8. The number of methoxy groups -OCH3 is 2. The predicted octanol–water partition coefficient (Wildman–Crippen LogP) is 4.83. The van der Waals surface area contributed by atoms with Gasteiger partial charge in [-0.15, -0.1) is 0 Å². The van der Waals surface area contributed by atoms with E-state index in [0.29, 0.717) is 10.9 Å². The second-order valence-electron chi connectivity index (χ2n) is 7.28. The molecule has 0 aliphatic carbocycles. The average molecular weight is 496 g/mol. The first-order chi connectivity index (χ1) is 16.5. The van der Waals surface area contributed by atoms with Crippen molar-refractivity contribution in [2.24, 2.45) is 0 Å². The maximum absolute atomic E-state index is 12.4. The molecule has 0 saturated carbocycles. The van der Waals surface area contributed by atoms with E-state index in [1.165, 1.54) is 11.8 Å². The number of imidazole rings is 1. The number of hydrogen-bond acceptors (Lipinski definition) is 6. The van der Waals surface area contributed by atoms with E-state index in [0.717, 1.165) is 34.0 Å². The van der Waals surface area contributed by atoms with E-state index in [1.54, 1.807) is 44.6 Å². The van der Waals surface area contributed by atoms with E-state index in [-0.39, 0.29) is 11.4 Å². The lowest BCUT2D eigenvalue weighted by atomic mass is 10.0. The summed E-state index contributed by atoms with van der Waals surface area (Å²) in [7, 11) is -0.269. The number of thioether (sulfide) groups is 1. The summed E-state index contributed by atoms with van der Waals surface area (Å²) in [6.07, 6.45) is 0. The predicted molar refractivity (Wildman–Crippen MR) is 135 cm³/mol. The van der Waals surface area contributed by atoms with Crippen LogP contribution < -0.4 is 14.2 Å². The van der Waals surface area contributed by atoms with Crippen LogP contribution >= 0.6 is 11.8 Å². The van der Waals surface area contributed by atoms with Gasteiger partial charge in [-0.3, -0.25) is 0 Å². The smallest absolute Gasteiger partial charge is 0.240 e. The minimum absolute atomic E-state index is 0.251. The van der Waals surface area contributed by atoms with Crippen LogP contribution in [0.15, 0.2) is 88.9 Å². The van der Waals surface area contributed by atoms with Crippen LogP contribution in [0.25, 0.3) is 22.5 Å². The quantitative estimate of drug-likeness (QED) is 0.242. The van der Waals surface area contributed by atoms with E-state index in [1.807, 2.05) is 48.5 Å². The molecule has 0 amide bonds. The Morgan fingerprint density at radius 1 is 0.853 bits per heavy atom. The number of rotatable bonds is 10. The fourth-order valence-corrected chi connectivity index (χ4v) is 5.26. The molecule has 3 aromatic carbocycles. The molecular formula is C25H25N3O4S2. The number of nitrogens with zero attached hydrogens (tertiary/aromatic N) is 1. The van der Waals surface area contributed by atoms with Gasteiger partial charge < -0.3 is 14.5 Å². The summed E-state index contributed by atoms with van der Waals surface area (Å²) in [6, 6.07) is 23.8. The monoisotopic (exact) mass is 495 g/mol. The van der Waals surface area contributed by atoms with Crippen molar-refractivity contribution in [1.82, 2.24) is 14.7 Å². The number of benzene rings is 3. The SMILES string of the molecule is COc1ccc(-c2nc(SCCNS(=O)(=O)c3ccccc3)[nH]c2-c2ccc(OC)cc2)cc1. The zero-order chi connectivity index (χ0) is 24.0. The van der Waals surface area contributed by atoms with E-state index in [2.05, 4.69) is 9.71 Å². The Morgan fingerprint density at radius 3 is 2.03 bits per heavy atom. The normalized spacial score (nSPS) is 11.4. The lowest BCUT2D eigenvalue weighted by molar-refractivity contribution is 0.414. The third kappa shape index (κ3) is 5.61. The molecule has 0 radical (unpaired) electrons. The molecule has 2 N–H and O–H groups in total. The van der Waals surface area contributed by atoms with Gasteiger partial charge in [0.2, 0.25) is 10.0 Å². The fourth-order valence-electron chi connectivity index (χ4n) is 3.35. The zero-order valence-electron chi connectivity index (χ0n) is 18.8. The van der Waals surface area contributed by atoms with Gasteiger partial charge in [-0.05, 0) is 60.7 Å². The number of hydrogen-bond donors (Lipinski definition) is 2. The Bertz CT molecular complexity index is 1260. The number of sulfonamides is 1. The molecule has 0 atom stereocenters. The molecule has 176 valence electrons. The van der Waals surface area contributed by atoms with Crippen LogP contribution in [-0.4, -0.2) is 44.9 Å². The average Bonchev–Trinajstić information content (AvgIpc) is 3.31. The van der Waals surface area contributed by atoms with Crippen LogP contribution in [0.1, 0.15) is 0 Å². The van der Waals surface area contributed by atoms with Crippen LogP contribution in [0, 0.1) is 0 Å². The van der Waals surface area contributed by atoms with Crippen molar-refractivity contribution in [2.75, 3.05) is 26.5 Å². The van der Waals surface area contributed by atoms with Crippen LogP contribution in [0.4, 0.5) is 0 Å². The molecule has 0 aliphatic rings. The standard InChI is InChI=1S/C25H25N3O4S2/c1-31-20-12-8-18(9-13-20)23-24(19-10-14-21(32-2)15-11-19)28-25(27-23)33-17-16-26-34(29,30)22-6-4-3-5-7-22/h3-15,26H,16-17H2,1-2H3,(H,27,28). The number of H-pyrrole nitrogens is 1. The first-order valence-electron chi connectivity index (χ1n) is 10.6. The van der Waals surface area contributed by atoms with Gasteiger partial charge in [0.05, 0.1) is 30.5 Å². The first kappa shape index (κ1) is 23.9. The van der Waals surface area contributed by atoms with Gasteiger partial charge in [-0.1, -0.05) is 30.0 Å². The molecule has 4 aromatic rings. The molecule has 7 nitrogen and oxygen atoms in total. The highest BCUT2D eigenvalue weighted by Crippen LogP contribution is 2.34. The number of aromatic amines is 1. The molecule has 1 heterocycles. The highest BCUT2D eigenvalue weighted by atomic mass is 32.2. The summed E-state index contributed by atoms with van der Waals surface area (Å²) in [6.45, 7) is 0.276. The van der Waals surface area contributed by atoms with Gasteiger partial charge >= 0.3 is 0 Å². The van der Waals surface area contributed by atoms with E-state index >= 15 is 0 Å². The van der Waals surface area contributed by atoms with Crippen molar-refractivity contribution >= 4 is 21.8 Å². The van der Waals surface area contributed by atoms with Gasteiger partial charge in [0.15, 0.2) is 5.16 Å². The van der Waals surface area contributed by atoms with Gasteiger partial charge in [0.25, 0.3) is 0 Å². The molecule has 0 unspecified atom stereocenters. The molecule has 0 aliphatic heterocycles. The van der Waals surface area contributed by atoms with Crippen LogP contribution in [0.2, 0.25) is 0 Å². The second-order valence-corrected chi connectivity index (χ2v) is 10.1. The van der Waals surface area contributed by atoms with E-state index in [4.69, 9.17) is 14.5 Å². The lowest BCUT2D eigenvalue weighted by Gasteiger charge is -2.06. The largest absolute Gasteiger partial charge is 0.497 e. The van der Waals surface area contributed by atoms with Crippen molar-refractivity contribution < 1.29 is 17.9 Å². The minimum atomic E-state index is -3.53. The fraction of sp³-hybridized carbons (Fsp3) is 0.160. The summed E-state index contributed by atoms with van der Waals surface area (Å²) in [4.78, 5) is 8.45. The van der Waals surface area contributed by atoms with Crippen molar-refractivity contribution in [3.05, 3.63) is 78.9 Å². The van der Waals surface area contributed by atoms with Crippen LogP contribution in [0.5, 0.6) is 11.5 Å². The molecule has 1 aromatic heterocycles. The summed E-state index contributed by atoms with van der Waals surface area (Å²) in [5.41, 5.74) is 3.59. The summed E-state index contributed by atoms with van der Waals surface area (Å²) >= 11 is 1.45. The Hall–Kier alpha value is -3.27. The molecule has 0 bridgehead atoms. The maximum Gasteiger partial charge on any atom is 0.240 e. The molecule has 0 saturated heterocycles. The van der Waals surface area contributed by atoms with Gasteiger partial charge in [-0.25, -0.2) is 18.1 Å². The Morgan fingerprint density at radius 2 is 1.44 bits per heavy atom. The van der Waals surface area contributed by atoms with Crippen molar-refractivity contribution in [2.45, 2.75) is 10.1 Å². The molecular weight excluding hydrogens is 470 g/mol. The van der Waals surface area contributed by atoms with Crippen molar-refractivity contribution in [1.29, 1.82) is 0 Å². The first-order valence-corrected chi connectivity index (χ1v) is 13.0. The third-order valence-corrected chi connectivity index (χ3v) is 7.46. The Balaban J connectivity index is 1.52. The minimum Gasteiger partial charge on any atom is -0.497 e. The summed E-state index contributed by atoms with van der Waals surface area (Å²) in [5.74, 6) is 2.06. The van der Waals surface area contributed by atoms with Crippen LogP contribution in [-0.2, 0) is 10.0 Å². The molecule has 0 fully saturated rings. The Kier molecular flexibility index (Phi) is 7.56.